The van der Waals surface area contributed by atoms with Crippen LogP contribution in [0.5, 0.6) is 0 Å². The summed E-state index contributed by atoms with van der Waals surface area (Å²) >= 11 is 0. The Kier molecular flexibility index (Phi) is 4.59. The Labute approximate surface area is 107 Å². The summed E-state index contributed by atoms with van der Waals surface area (Å²) in [4.78, 5) is 31.7. The molecule has 0 aromatic heterocycles. The van der Waals surface area contributed by atoms with Crippen molar-refractivity contribution in [3.8, 4) is 0 Å². The van der Waals surface area contributed by atoms with Crippen molar-refractivity contribution in [2.75, 3.05) is 0 Å². The molecule has 0 unspecified atom stereocenters. The highest BCUT2D eigenvalue weighted by atomic mass is 16.4. The lowest BCUT2D eigenvalue weighted by Gasteiger charge is -2.16. The molecule has 0 atom stereocenters. The van der Waals surface area contributed by atoms with E-state index in [0.29, 0.717) is 6.08 Å². The van der Waals surface area contributed by atoms with Crippen LogP contribution in [-0.4, -0.2) is 22.8 Å². The van der Waals surface area contributed by atoms with E-state index in [1.165, 1.54) is 24.3 Å². The van der Waals surface area contributed by atoms with Gasteiger partial charge >= 0.3 is 5.97 Å². The van der Waals surface area contributed by atoms with Crippen LogP contribution in [0.3, 0.4) is 0 Å². The van der Waals surface area contributed by atoms with E-state index in [4.69, 9.17) is 5.11 Å². The zero-order chi connectivity index (χ0) is 14.4. The lowest BCUT2D eigenvalue weighted by atomic mass is 10.1. The first-order valence-electron chi connectivity index (χ1n) is 5.07. The standard InChI is InChI=1S/C13H10O6/c14-10(6-3-7-11(15)13(18)19)8-4-1-2-5-9(8)12(16)17/h1-7,14H,(H,16,17)(H,18,19)/p-2/b7-3-,10-6-. The third kappa shape index (κ3) is 3.81. The smallest absolute Gasteiger partial charge is 0.376 e. The number of benzene rings is 1. The molecule has 19 heavy (non-hydrogen) atoms. The number of aliphatic carboxylic acids is 1. The number of carbonyl (C=O) groups excluding carboxylic acids is 2. The van der Waals surface area contributed by atoms with E-state index < -0.39 is 23.5 Å². The number of carbonyl (C=O) groups is 3. The molecule has 98 valence electrons. The summed E-state index contributed by atoms with van der Waals surface area (Å²) in [5, 5.41) is 30.7. The second-order valence-electron chi connectivity index (χ2n) is 3.39. The number of hydrogen-bond acceptors (Lipinski definition) is 5. The SMILES string of the molecule is O=C(O)C(=O)/C=C\C=C(/[O-])c1ccccc1C(=O)[O-]. The summed E-state index contributed by atoms with van der Waals surface area (Å²) in [5.41, 5.74) is -0.378. The average Bonchev–Trinajstić information content (AvgIpc) is 2.38. The van der Waals surface area contributed by atoms with Gasteiger partial charge < -0.3 is 20.1 Å². The van der Waals surface area contributed by atoms with Crippen molar-refractivity contribution >= 4 is 23.5 Å². The molecule has 6 heteroatoms. The van der Waals surface area contributed by atoms with Crippen molar-refractivity contribution in [2.24, 2.45) is 0 Å². The van der Waals surface area contributed by atoms with Gasteiger partial charge in [-0.3, -0.25) is 4.79 Å². The zero-order valence-corrected chi connectivity index (χ0v) is 9.53. The Hall–Kier alpha value is -2.89. The van der Waals surface area contributed by atoms with Crippen LogP contribution >= 0.6 is 0 Å². The number of aromatic carboxylic acids is 1. The highest BCUT2D eigenvalue weighted by molar-refractivity contribution is 6.37. The van der Waals surface area contributed by atoms with Crippen LogP contribution in [-0.2, 0) is 9.59 Å². The summed E-state index contributed by atoms with van der Waals surface area (Å²) in [6, 6.07) is 5.41. The molecule has 1 aromatic carbocycles. The van der Waals surface area contributed by atoms with Crippen LogP contribution in [0.1, 0.15) is 15.9 Å². The molecule has 0 amide bonds. The van der Waals surface area contributed by atoms with E-state index in [1.54, 1.807) is 0 Å². The topological polar surface area (TPSA) is 118 Å². The van der Waals surface area contributed by atoms with Crippen molar-refractivity contribution in [1.29, 1.82) is 0 Å². The van der Waals surface area contributed by atoms with Crippen LogP contribution in [0.15, 0.2) is 42.5 Å². The minimum Gasteiger partial charge on any atom is -0.872 e. The van der Waals surface area contributed by atoms with E-state index >= 15 is 0 Å². The van der Waals surface area contributed by atoms with E-state index in [9.17, 15) is 24.6 Å². The monoisotopic (exact) mass is 260 g/mol. The van der Waals surface area contributed by atoms with Crippen LogP contribution in [0, 0.1) is 0 Å². The quantitative estimate of drug-likeness (QED) is 0.313. The van der Waals surface area contributed by atoms with Gasteiger partial charge in [0.2, 0.25) is 0 Å². The maximum Gasteiger partial charge on any atom is 0.376 e. The van der Waals surface area contributed by atoms with E-state index in [1.807, 2.05) is 0 Å². The fourth-order valence-corrected chi connectivity index (χ4v) is 1.26. The summed E-state index contributed by atoms with van der Waals surface area (Å²) in [7, 11) is 0. The van der Waals surface area contributed by atoms with Gasteiger partial charge in [-0.2, -0.15) is 0 Å². The Morgan fingerprint density at radius 3 is 2.16 bits per heavy atom. The predicted molar refractivity (Wildman–Crippen MR) is 60.5 cm³/mol. The normalized spacial score (nSPS) is 11.5. The molecule has 0 aliphatic heterocycles. The number of rotatable bonds is 5. The van der Waals surface area contributed by atoms with Gasteiger partial charge in [-0.1, -0.05) is 36.4 Å². The van der Waals surface area contributed by atoms with Gasteiger partial charge in [0.05, 0.1) is 5.97 Å². The largest absolute Gasteiger partial charge is 0.872 e. The molecule has 0 aliphatic carbocycles. The number of ketones is 1. The minimum atomic E-state index is -1.65. The van der Waals surface area contributed by atoms with E-state index in [2.05, 4.69) is 0 Å². The van der Waals surface area contributed by atoms with Gasteiger partial charge in [0.1, 0.15) is 0 Å². The van der Waals surface area contributed by atoms with Crippen LogP contribution in [0.4, 0.5) is 0 Å². The molecule has 0 radical (unpaired) electrons. The first kappa shape index (κ1) is 14.2. The van der Waals surface area contributed by atoms with Crippen molar-refractivity contribution in [3.05, 3.63) is 53.6 Å². The maximum absolute atomic E-state index is 11.7. The van der Waals surface area contributed by atoms with E-state index in [-0.39, 0.29) is 11.1 Å². The highest BCUT2D eigenvalue weighted by Crippen LogP contribution is 2.14. The molecule has 1 rings (SSSR count). The molecule has 0 saturated heterocycles. The first-order valence-corrected chi connectivity index (χ1v) is 5.07. The minimum absolute atomic E-state index is 0.102. The van der Waals surface area contributed by atoms with Gasteiger partial charge in [0.15, 0.2) is 0 Å². The Morgan fingerprint density at radius 2 is 1.63 bits per heavy atom. The van der Waals surface area contributed by atoms with Gasteiger partial charge in [-0.25, -0.2) is 4.79 Å². The van der Waals surface area contributed by atoms with Crippen molar-refractivity contribution in [1.82, 2.24) is 0 Å². The summed E-state index contributed by atoms with van der Waals surface area (Å²) in [6.07, 6.45) is 2.55. The number of allylic oxidation sites excluding steroid dienone is 2. The molecule has 0 bridgehead atoms. The van der Waals surface area contributed by atoms with Crippen LogP contribution in [0.25, 0.3) is 5.76 Å². The Bertz CT molecular complexity index is 583. The lowest BCUT2D eigenvalue weighted by molar-refractivity contribution is -0.256. The number of hydrogen-bond donors (Lipinski definition) is 1. The molecule has 1 N–H and O–H groups in total. The fourth-order valence-electron chi connectivity index (χ4n) is 1.26. The molecular weight excluding hydrogens is 252 g/mol. The maximum atomic E-state index is 11.7. The summed E-state index contributed by atoms with van der Waals surface area (Å²) < 4.78 is 0. The number of carboxylic acid groups (broad SMARTS) is 2. The van der Waals surface area contributed by atoms with Gasteiger partial charge in [0, 0.05) is 5.56 Å². The van der Waals surface area contributed by atoms with Crippen LogP contribution in [0.2, 0.25) is 0 Å². The fraction of sp³-hybridized carbons (Fsp3) is 0. The second-order valence-corrected chi connectivity index (χ2v) is 3.39. The first-order chi connectivity index (χ1) is 8.93. The Balaban J connectivity index is 3.01. The van der Waals surface area contributed by atoms with Crippen LogP contribution < -0.4 is 10.2 Å². The van der Waals surface area contributed by atoms with Crippen molar-refractivity contribution < 1.29 is 29.7 Å². The predicted octanol–water partition coefficient (Wildman–Crippen LogP) is -1.04. The number of carboxylic acids is 2. The molecule has 0 saturated carbocycles. The second kappa shape index (κ2) is 6.15. The molecule has 6 nitrogen and oxygen atoms in total. The van der Waals surface area contributed by atoms with Crippen molar-refractivity contribution in [3.63, 3.8) is 0 Å². The van der Waals surface area contributed by atoms with Gasteiger partial charge in [-0.15, -0.1) is 5.76 Å². The average molecular weight is 260 g/mol. The highest BCUT2D eigenvalue weighted by Gasteiger charge is 2.04. The third-order valence-electron chi connectivity index (χ3n) is 2.12. The molecule has 0 spiro atoms. The van der Waals surface area contributed by atoms with Gasteiger partial charge in [-0.05, 0) is 11.6 Å². The van der Waals surface area contributed by atoms with E-state index in [0.717, 1.165) is 12.2 Å². The lowest BCUT2D eigenvalue weighted by Crippen LogP contribution is -2.24. The summed E-state index contributed by atoms with van der Waals surface area (Å²) in [6.45, 7) is 0. The summed E-state index contributed by atoms with van der Waals surface area (Å²) in [5.74, 6) is -5.00. The Morgan fingerprint density at radius 1 is 1.05 bits per heavy atom. The zero-order valence-electron chi connectivity index (χ0n) is 9.53. The molecule has 0 fully saturated rings. The molecule has 0 heterocycles. The molecule has 1 aromatic rings. The third-order valence-corrected chi connectivity index (χ3v) is 2.12. The molecular formula is C13H8O6-2. The van der Waals surface area contributed by atoms with Gasteiger partial charge in [0.25, 0.3) is 5.78 Å². The molecule has 0 aliphatic rings. The van der Waals surface area contributed by atoms with Crippen molar-refractivity contribution in [2.45, 2.75) is 0 Å².